The minimum absolute atomic E-state index is 0.0302. The molecule has 2 rings (SSSR count). The van der Waals surface area contributed by atoms with Crippen LogP contribution < -0.4 is 5.32 Å². The number of nitrogens with one attached hydrogen (secondary N) is 1. The van der Waals surface area contributed by atoms with Crippen molar-refractivity contribution >= 4 is 27.8 Å². The van der Waals surface area contributed by atoms with Gasteiger partial charge in [-0.3, -0.25) is 4.79 Å². The van der Waals surface area contributed by atoms with E-state index in [1.807, 2.05) is 0 Å². The minimum atomic E-state index is -1.17. The second-order valence-electron chi connectivity index (χ2n) is 4.89. The Morgan fingerprint density at radius 2 is 2.17 bits per heavy atom. The van der Waals surface area contributed by atoms with Crippen molar-refractivity contribution in [1.29, 1.82) is 0 Å². The maximum absolute atomic E-state index is 12.1. The van der Waals surface area contributed by atoms with E-state index in [1.54, 1.807) is 30.8 Å². The molecule has 0 saturated heterocycles. The van der Waals surface area contributed by atoms with Gasteiger partial charge in [0.25, 0.3) is 5.91 Å². The van der Waals surface area contributed by atoms with Gasteiger partial charge in [-0.05, 0) is 47.7 Å². The molecule has 18 heavy (non-hydrogen) atoms. The number of hydrogen-bond donors (Lipinski definition) is 2. The summed E-state index contributed by atoms with van der Waals surface area (Å²) in [6.07, 6.45) is 3.45. The first-order chi connectivity index (χ1) is 8.34. The van der Waals surface area contributed by atoms with Gasteiger partial charge in [-0.25, -0.2) is 4.79 Å². The molecule has 0 radical (unpaired) electrons. The molecule has 1 heterocycles. The predicted molar refractivity (Wildman–Crippen MR) is 69.3 cm³/mol. The van der Waals surface area contributed by atoms with Gasteiger partial charge in [0.2, 0.25) is 0 Å². The van der Waals surface area contributed by atoms with E-state index in [2.05, 4.69) is 21.2 Å². The molecule has 6 heteroatoms. The van der Waals surface area contributed by atoms with Crippen LogP contribution in [0.15, 0.2) is 16.7 Å². The first-order valence-electron chi connectivity index (χ1n) is 5.72. The fraction of sp³-hybridized carbons (Fsp3) is 0.500. The molecule has 1 amide bonds. The number of amides is 1. The average Bonchev–Trinajstić information content (AvgIpc) is 3.04. The molecule has 1 aromatic heterocycles. The molecule has 1 aliphatic carbocycles. The van der Waals surface area contributed by atoms with Crippen molar-refractivity contribution in [1.82, 2.24) is 9.88 Å². The average molecular weight is 315 g/mol. The molecule has 1 aliphatic rings. The number of halogens is 1. The number of carboxylic acid groups (broad SMARTS) is 1. The van der Waals surface area contributed by atoms with E-state index in [1.165, 1.54) is 0 Å². The third-order valence-corrected chi connectivity index (χ3v) is 3.85. The highest BCUT2D eigenvalue weighted by atomic mass is 79.9. The topological polar surface area (TPSA) is 71.3 Å². The van der Waals surface area contributed by atoms with E-state index in [0.29, 0.717) is 5.69 Å². The third-order valence-electron chi connectivity index (χ3n) is 3.42. The Balaban J connectivity index is 2.20. The van der Waals surface area contributed by atoms with Gasteiger partial charge < -0.3 is 15.0 Å². The van der Waals surface area contributed by atoms with Crippen LogP contribution in [0.3, 0.4) is 0 Å². The number of hydrogen-bond acceptors (Lipinski definition) is 2. The summed E-state index contributed by atoms with van der Waals surface area (Å²) in [5, 5.41) is 11.9. The van der Waals surface area contributed by atoms with Crippen molar-refractivity contribution < 1.29 is 14.7 Å². The number of aryl methyl sites for hydroxylation is 1. The van der Waals surface area contributed by atoms with Crippen LogP contribution in [-0.2, 0) is 11.8 Å². The van der Waals surface area contributed by atoms with E-state index < -0.39 is 11.5 Å². The van der Waals surface area contributed by atoms with Crippen LogP contribution >= 0.6 is 15.9 Å². The Morgan fingerprint density at radius 1 is 1.56 bits per heavy atom. The van der Waals surface area contributed by atoms with E-state index in [4.69, 9.17) is 0 Å². The first-order valence-corrected chi connectivity index (χ1v) is 6.51. The predicted octanol–water partition coefficient (Wildman–Crippen LogP) is 1.77. The second-order valence-corrected chi connectivity index (χ2v) is 5.81. The highest BCUT2D eigenvalue weighted by Gasteiger charge is 2.48. The molecule has 98 valence electrons. The zero-order valence-electron chi connectivity index (χ0n) is 10.2. The molecule has 5 nitrogen and oxygen atoms in total. The third kappa shape index (κ3) is 2.29. The van der Waals surface area contributed by atoms with Gasteiger partial charge in [0.15, 0.2) is 0 Å². The minimum Gasteiger partial charge on any atom is -0.480 e. The lowest BCUT2D eigenvalue weighted by atomic mass is 9.96. The highest BCUT2D eigenvalue weighted by Crippen LogP contribution is 2.39. The van der Waals surface area contributed by atoms with Gasteiger partial charge in [-0.2, -0.15) is 0 Å². The lowest BCUT2D eigenvalue weighted by Gasteiger charge is -2.26. The number of carbonyl (C=O) groups is 2. The highest BCUT2D eigenvalue weighted by molar-refractivity contribution is 9.10. The lowest BCUT2D eigenvalue weighted by Crippen LogP contribution is -2.54. The lowest BCUT2D eigenvalue weighted by molar-refractivity contribution is -0.144. The van der Waals surface area contributed by atoms with E-state index >= 15 is 0 Å². The Hall–Kier alpha value is -1.30. The second kappa shape index (κ2) is 4.42. The van der Waals surface area contributed by atoms with Crippen molar-refractivity contribution in [2.24, 2.45) is 13.0 Å². The zero-order chi connectivity index (χ0) is 13.5. The quantitative estimate of drug-likeness (QED) is 0.889. The van der Waals surface area contributed by atoms with Crippen LogP contribution in [0.5, 0.6) is 0 Å². The molecule has 0 spiro atoms. The molecule has 1 fully saturated rings. The van der Waals surface area contributed by atoms with Crippen LogP contribution in [0, 0.1) is 5.92 Å². The van der Waals surface area contributed by atoms with E-state index in [9.17, 15) is 14.7 Å². The van der Waals surface area contributed by atoms with Crippen LogP contribution in [0.1, 0.15) is 30.3 Å². The summed E-state index contributed by atoms with van der Waals surface area (Å²) in [7, 11) is 1.74. The summed E-state index contributed by atoms with van der Waals surface area (Å²) in [5.41, 5.74) is -0.733. The van der Waals surface area contributed by atoms with Crippen molar-refractivity contribution in [3.05, 3.63) is 22.4 Å². The van der Waals surface area contributed by atoms with Crippen molar-refractivity contribution in [3.63, 3.8) is 0 Å². The summed E-state index contributed by atoms with van der Waals surface area (Å²) in [4.78, 5) is 23.4. The largest absolute Gasteiger partial charge is 0.480 e. The van der Waals surface area contributed by atoms with E-state index in [0.717, 1.165) is 17.3 Å². The Labute approximate surface area is 113 Å². The van der Waals surface area contributed by atoms with Gasteiger partial charge in [0.1, 0.15) is 11.2 Å². The van der Waals surface area contributed by atoms with Gasteiger partial charge in [-0.15, -0.1) is 0 Å². The molecule has 2 N–H and O–H groups in total. The van der Waals surface area contributed by atoms with Crippen molar-refractivity contribution in [2.45, 2.75) is 25.3 Å². The summed E-state index contributed by atoms with van der Waals surface area (Å²) < 4.78 is 2.45. The maximum Gasteiger partial charge on any atom is 0.329 e. The standard InChI is InChI=1S/C12H15BrN2O3/c1-12(11(17)18,7-3-4-7)14-10(16)9-5-8(13)6-15(9)2/h5-7H,3-4H2,1-2H3,(H,14,16)(H,17,18). The fourth-order valence-corrected chi connectivity index (χ4v) is 2.56. The molecule has 1 unspecified atom stereocenters. The molecule has 1 saturated carbocycles. The molecule has 1 atom stereocenters. The number of nitrogens with zero attached hydrogens (tertiary/aromatic N) is 1. The number of rotatable bonds is 4. The summed E-state index contributed by atoms with van der Waals surface area (Å²) in [6, 6.07) is 1.67. The number of carbonyl (C=O) groups excluding carboxylic acids is 1. The summed E-state index contributed by atoms with van der Waals surface area (Å²) >= 11 is 3.28. The normalized spacial score (nSPS) is 18.2. The summed E-state index contributed by atoms with van der Waals surface area (Å²) in [6.45, 7) is 1.57. The fourth-order valence-electron chi connectivity index (χ4n) is 2.04. The Kier molecular flexibility index (Phi) is 3.23. The number of aliphatic carboxylic acids is 1. The van der Waals surface area contributed by atoms with E-state index in [-0.39, 0.29) is 11.8 Å². The van der Waals surface area contributed by atoms with Crippen LogP contribution in [-0.4, -0.2) is 27.1 Å². The monoisotopic (exact) mass is 314 g/mol. The Morgan fingerprint density at radius 3 is 2.56 bits per heavy atom. The van der Waals surface area contributed by atoms with Gasteiger partial charge in [-0.1, -0.05) is 0 Å². The van der Waals surface area contributed by atoms with Crippen molar-refractivity contribution in [2.75, 3.05) is 0 Å². The van der Waals surface area contributed by atoms with Crippen LogP contribution in [0.4, 0.5) is 0 Å². The van der Waals surface area contributed by atoms with Crippen LogP contribution in [0.2, 0.25) is 0 Å². The molecule has 0 aromatic carbocycles. The first kappa shape index (κ1) is 13.1. The molecule has 0 bridgehead atoms. The molecular formula is C12H15BrN2O3. The number of aromatic nitrogens is 1. The summed E-state index contributed by atoms with van der Waals surface area (Å²) in [5.74, 6) is -1.31. The molecule has 0 aliphatic heterocycles. The van der Waals surface area contributed by atoms with Gasteiger partial charge in [0, 0.05) is 17.7 Å². The zero-order valence-corrected chi connectivity index (χ0v) is 11.8. The molecule has 1 aromatic rings. The molecular weight excluding hydrogens is 300 g/mol. The maximum atomic E-state index is 12.1. The SMILES string of the molecule is Cn1cc(Br)cc1C(=O)NC(C)(C(=O)O)C1CC1. The van der Waals surface area contributed by atoms with Crippen molar-refractivity contribution in [3.8, 4) is 0 Å². The smallest absolute Gasteiger partial charge is 0.329 e. The Bertz CT molecular complexity index is 507. The van der Waals surface area contributed by atoms with Gasteiger partial charge in [0.05, 0.1) is 0 Å². The van der Waals surface area contributed by atoms with Crippen LogP contribution in [0.25, 0.3) is 0 Å². The number of carboxylic acids is 1. The van der Waals surface area contributed by atoms with Gasteiger partial charge >= 0.3 is 5.97 Å².